The molecule has 1 atom stereocenters. The maximum absolute atomic E-state index is 13.2. The van der Waals surface area contributed by atoms with E-state index >= 15 is 0 Å². The summed E-state index contributed by atoms with van der Waals surface area (Å²) in [6.07, 6.45) is 0.537. The molecule has 1 aliphatic rings. The van der Waals surface area contributed by atoms with Gasteiger partial charge in [0.25, 0.3) is 11.7 Å². The van der Waals surface area contributed by atoms with Crippen LogP contribution in [0.15, 0.2) is 42.0 Å². The third-order valence-electron chi connectivity index (χ3n) is 5.78. The zero-order valence-electron chi connectivity index (χ0n) is 20.2. The topological polar surface area (TPSA) is 94.5 Å². The van der Waals surface area contributed by atoms with Gasteiger partial charge in [0.15, 0.2) is 11.5 Å². The zero-order valence-corrected chi connectivity index (χ0v) is 20.2. The molecule has 0 aromatic heterocycles. The highest BCUT2D eigenvalue weighted by Gasteiger charge is 2.46. The number of nitrogens with zero attached hydrogens (tertiary/aromatic N) is 1. The van der Waals surface area contributed by atoms with Crippen LogP contribution in [-0.2, 0) is 14.3 Å². The number of Topliss-reactive ketones (excluding diaryl/α,β-unsaturated/α-hetero) is 1. The van der Waals surface area contributed by atoms with Crippen LogP contribution < -0.4 is 14.2 Å². The molecule has 1 N–H and O–H groups in total. The summed E-state index contributed by atoms with van der Waals surface area (Å²) in [4.78, 5) is 27.7. The highest BCUT2D eigenvalue weighted by molar-refractivity contribution is 6.46. The fourth-order valence-corrected chi connectivity index (χ4v) is 4.14. The number of likely N-dealkylation sites (tertiary alicyclic amines) is 1. The van der Waals surface area contributed by atoms with Crippen molar-refractivity contribution in [3.05, 3.63) is 58.7 Å². The number of aryl methyl sites for hydroxylation is 1. The molecule has 8 heteroatoms. The van der Waals surface area contributed by atoms with Gasteiger partial charge >= 0.3 is 0 Å². The van der Waals surface area contributed by atoms with Crippen molar-refractivity contribution < 1.29 is 33.6 Å². The van der Waals surface area contributed by atoms with Crippen molar-refractivity contribution in [2.24, 2.45) is 0 Å². The van der Waals surface area contributed by atoms with Crippen LogP contribution in [0.3, 0.4) is 0 Å². The van der Waals surface area contributed by atoms with Gasteiger partial charge in [-0.15, -0.1) is 0 Å². The minimum Gasteiger partial charge on any atom is -0.507 e. The van der Waals surface area contributed by atoms with Gasteiger partial charge in [-0.25, -0.2) is 0 Å². The zero-order chi connectivity index (χ0) is 24.8. The van der Waals surface area contributed by atoms with Crippen molar-refractivity contribution >= 4 is 17.4 Å². The lowest BCUT2D eigenvalue weighted by Crippen LogP contribution is -2.31. The number of rotatable bonds is 10. The highest BCUT2D eigenvalue weighted by atomic mass is 16.5. The molecule has 8 nitrogen and oxygen atoms in total. The van der Waals surface area contributed by atoms with E-state index in [2.05, 4.69) is 0 Å². The van der Waals surface area contributed by atoms with Crippen molar-refractivity contribution in [2.75, 3.05) is 41.1 Å². The molecular formula is C26H31NO7. The van der Waals surface area contributed by atoms with E-state index in [1.54, 1.807) is 57.5 Å². The molecule has 1 fully saturated rings. The Morgan fingerprint density at radius 3 is 2.41 bits per heavy atom. The van der Waals surface area contributed by atoms with Crippen LogP contribution in [0.2, 0.25) is 0 Å². The summed E-state index contributed by atoms with van der Waals surface area (Å²) in [5.74, 6) is 0.0238. The van der Waals surface area contributed by atoms with Gasteiger partial charge in [-0.3, -0.25) is 9.59 Å². The van der Waals surface area contributed by atoms with Crippen molar-refractivity contribution in [2.45, 2.75) is 26.3 Å². The van der Waals surface area contributed by atoms with E-state index in [-0.39, 0.29) is 17.9 Å². The average Bonchev–Trinajstić information content (AvgIpc) is 3.09. The van der Waals surface area contributed by atoms with E-state index in [4.69, 9.17) is 18.9 Å². The molecule has 34 heavy (non-hydrogen) atoms. The smallest absolute Gasteiger partial charge is 0.295 e. The van der Waals surface area contributed by atoms with E-state index in [9.17, 15) is 14.7 Å². The quantitative estimate of drug-likeness (QED) is 0.244. The lowest BCUT2D eigenvalue weighted by Gasteiger charge is -2.26. The molecular weight excluding hydrogens is 438 g/mol. The summed E-state index contributed by atoms with van der Waals surface area (Å²) in [6.45, 7) is 4.86. The third kappa shape index (κ3) is 4.87. The lowest BCUT2D eigenvalue weighted by molar-refractivity contribution is -0.140. The number of amides is 1. The normalized spacial score (nSPS) is 17.2. The summed E-state index contributed by atoms with van der Waals surface area (Å²) >= 11 is 0. The molecule has 0 spiro atoms. The number of ketones is 1. The Bertz CT molecular complexity index is 1090. The van der Waals surface area contributed by atoms with E-state index in [0.29, 0.717) is 53.6 Å². The Hall–Kier alpha value is -3.52. The molecule has 1 heterocycles. The number of aliphatic hydroxyl groups excluding tert-OH is 1. The standard InChI is InChI=1S/C26H31NO7/c1-6-34-20-11-8-17(15-21(20)33-5)23-22(25(29)26(30)27(23)12-7-13-31-3)24(28)19-10-9-18(32-4)14-16(19)2/h8-11,14-15,23,28H,6-7,12-13H2,1-5H3/b24-22+. The molecule has 2 aromatic carbocycles. The van der Waals surface area contributed by atoms with Crippen LogP contribution in [0.4, 0.5) is 0 Å². The second kappa shape index (κ2) is 11.1. The number of aliphatic hydroxyl groups is 1. The van der Waals surface area contributed by atoms with Crippen LogP contribution in [0.1, 0.15) is 36.1 Å². The number of hydrogen-bond acceptors (Lipinski definition) is 7. The molecule has 1 aliphatic heterocycles. The number of carbonyl (C=O) groups is 2. The highest BCUT2D eigenvalue weighted by Crippen LogP contribution is 2.42. The van der Waals surface area contributed by atoms with Crippen molar-refractivity contribution in [1.29, 1.82) is 0 Å². The SMILES string of the molecule is CCOc1ccc(C2/C(=C(\O)c3ccc(OC)cc3C)C(=O)C(=O)N2CCCOC)cc1OC. The molecule has 2 aromatic rings. The molecule has 0 bridgehead atoms. The molecule has 0 aliphatic carbocycles. The van der Waals surface area contributed by atoms with Crippen molar-refractivity contribution in [3.8, 4) is 17.2 Å². The fraction of sp³-hybridized carbons (Fsp3) is 0.385. The molecule has 1 saturated heterocycles. The van der Waals surface area contributed by atoms with Gasteiger partial charge in [0.2, 0.25) is 0 Å². The minimum absolute atomic E-state index is 0.0295. The number of methoxy groups -OCH3 is 3. The Morgan fingerprint density at radius 2 is 1.79 bits per heavy atom. The number of carbonyl (C=O) groups excluding carboxylic acids is 2. The van der Waals surface area contributed by atoms with Gasteiger partial charge < -0.3 is 29.0 Å². The first-order valence-electron chi connectivity index (χ1n) is 11.1. The number of hydrogen-bond donors (Lipinski definition) is 1. The largest absolute Gasteiger partial charge is 0.507 e. The third-order valence-corrected chi connectivity index (χ3v) is 5.78. The summed E-state index contributed by atoms with van der Waals surface area (Å²) in [5.41, 5.74) is 1.83. The van der Waals surface area contributed by atoms with E-state index in [1.807, 2.05) is 6.92 Å². The number of ether oxygens (including phenoxy) is 4. The monoisotopic (exact) mass is 469 g/mol. The van der Waals surface area contributed by atoms with Gasteiger partial charge in [-0.05, 0) is 61.7 Å². The first kappa shape index (κ1) is 25.1. The molecule has 1 unspecified atom stereocenters. The van der Waals surface area contributed by atoms with Crippen LogP contribution in [0.5, 0.6) is 17.2 Å². The van der Waals surface area contributed by atoms with Gasteiger partial charge in [0.1, 0.15) is 11.5 Å². The first-order valence-corrected chi connectivity index (χ1v) is 11.1. The average molecular weight is 470 g/mol. The van der Waals surface area contributed by atoms with Gasteiger partial charge in [0.05, 0.1) is 32.4 Å². The summed E-state index contributed by atoms with van der Waals surface area (Å²) in [5, 5.41) is 11.3. The Balaban J connectivity index is 2.18. The Kier molecular flexibility index (Phi) is 8.17. The second-order valence-electron chi connectivity index (χ2n) is 7.86. The van der Waals surface area contributed by atoms with Crippen LogP contribution in [0.25, 0.3) is 5.76 Å². The van der Waals surface area contributed by atoms with Crippen LogP contribution >= 0.6 is 0 Å². The summed E-state index contributed by atoms with van der Waals surface area (Å²) < 4.78 is 21.5. The second-order valence-corrected chi connectivity index (χ2v) is 7.86. The summed E-state index contributed by atoms with van der Waals surface area (Å²) in [6, 6.07) is 9.61. The van der Waals surface area contributed by atoms with Gasteiger partial charge in [-0.1, -0.05) is 6.07 Å². The van der Waals surface area contributed by atoms with Crippen molar-refractivity contribution in [1.82, 2.24) is 4.90 Å². The van der Waals surface area contributed by atoms with Crippen molar-refractivity contribution in [3.63, 3.8) is 0 Å². The van der Waals surface area contributed by atoms with E-state index < -0.39 is 17.7 Å². The van der Waals surface area contributed by atoms with E-state index in [0.717, 1.165) is 0 Å². The first-order chi connectivity index (χ1) is 16.4. The molecule has 0 radical (unpaired) electrons. The lowest BCUT2D eigenvalue weighted by atomic mass is 9.93. The maximum atomic E-state index is 13.2. The Morgan fingerprint density at radius 1 is 1.03 bits per heavy atom. The van der Waals surface area contributed by atoms with E-state index in [1.165, 1.54) is 12.0 Å². The minimum atomic E-state index is -0.789. The predicted octanol–water partition coefficient (Wildman–Crippen LogP) is 3.87. The van der Waals surface area contributed by atoms with Crippen LogP contribution in [-0.4, -0.2) is 62.8 Å². The van der Waals surface area contributed by atoms with Gasteiger partial charge in [-0.2, -0.15) is 0 Å². The van der Waals surface area contributed by atoms with Crippen LogP contribution in [0, 0.1) is 6.92 Å². The molecule has 3 rings (SSSR count). The molecule has 182 valence electrons. The predicted molar refractivity (Wildman–Crippen MR) is 127 cm³/mol. The number of benzene rings is 2. The van der Waals surface area contributed by atoms with Gasteiger partial charge in [0, 0.05) is 25.8 Å². The molecule has 0 saturated carbocycles. The summed E-state index contributed by atoms with van der Waals surface area (Å²) in [7, 11) is 4.66. The Labute approximate surface area is 199 Å². The molecule has 1 amide bonds. The fourth-order valence-electron chi connectivity index (χ4n) is 4.14. The maximum Gasteiger partial charge on any atom is 0.295 e.